The number of carbonyl (C=O) groups excluding carboxylic acids is 1. The minimum absolute atomic E-state index is 0.0684. The maximum absolute atomic E-state index is 11.7. The summed E-state index contributed by atoms with van der Waals surface area (Å²) in [5.41, 5.74) is 0.664. The lowest BCUT2D eigenvalue weighted by molar-refractivity contribution is 0.0953. The Morgan fingerprint density at radius 1 is 1.57 bits per heavy atom. The molecule has 74 valence electrons. The molecular formula is C12H14O2. The summed E-state index contributed by atoms with van der Waals surface area (Å²) >= 11 is 0. The van der Waals surface area contributed by atoms with Crippen LogP contribution in [-0.2, 0) is 0 Å². The van der Waals surface area contributed by atoms with E-state index in [9.17, 15) is 4.79 Å². The minimum atomic E-state index is -0.151. The molecule has 1 aromatic rings. The van der Waals surface area contributed by atoms with E-state index in [-0.39, 0.29) is 11.7 Å². The van der Waals surface area contributed by atoms with Gasteiger partial charge in [0.1, 0.15) is 5.75 Å². The van der Waals surface area contributed by atoms with Crippen LogP contribution in [0.2, 0.25) is 0 Å². The molecule has 0 N–H and O–H groups in total. The summed E-state index contributed by atoms with van der Waals surface area (Å²) in [4.78, 5) is 11.7. The quantitative estimate of drug-likeness (QED) is 0.539. The van der Waals surface area contributed by atoms with E-state index in [2.05, 4.69) is 6.58 Å². The third-order valence-corrected chi connectivity index (χ3v) is 2.12. The fourth-order valence-corrected chi connectivity index (χ4v) is 1.15. The first-order valence-electron chi connectivity index (χ1n) is 4.50. The highest BCUT2D eigenvalue weighted by atomic mass is 16.5. The number of ether oxygens (including phenoxy) is 1. The lowest BCUT2D eigenvalue weighted by atomic mass is 9.99. The SMILES string of the molecule is C=CC(C)C(=O)c1cccc(OC)c1. The van der Waals surface area contributed by atoms with Crippen LogP contribution in [0.5, 0.6) is 5.75 Å². The van der Waals surface area contributed by atoms with Crippen LogP contribution in [-0.4, -0.2) is 12.9 Å². The van der Waals surface area contributed by atoms with Crippen molar-refractivity contribution in [3.8, 4) is 5.75 Å². The zero-order valence-corrected chi connectivity index (χ0v) is 8.49. The van der Waals surface area contributed by atoms with Crippen molar-refractivity contribution in [2.24, 2.45) is 5.92 Å². The van der Waals surface area contributed by atoms with Gasteiger partial charge in [0.2, 0.25) is 0 Å². The van der Waals surface area contributed by atoms with E-state index in [1.165, 1.54) is 0 Å². The van der Waals surface area contributed by atoms with Gasteiger partial charge in [0.05, 0.1) is 7.11 Å². The van der Waals surface area contributed by atoms with Crippen LogP contribution in [0.15, 0.2) is 36.9 Å². The topological polar surface area (TPSA) is 26.3 Å². The Hall–Kier alpha value is -1.57. The van der Waals surface area contributed by atoms with Gasteiger partial charge in [-0.1, -0.05) is 25.1 Å². The van der Waals surface area contributed by atoms with Crippen LogP contribution in [0.3, 0.4) is 0 Å². The first-order valence-corrected chi connectivity index (χ1v) is 4.50. The number of rotatable bonds is 4. The van der Waals surface area contributed by atoms with Crippen molar-refractivity contribution in [3.05, 3.63) is 42.5 Å². The maximum atomic E-state index is 11.7. The van der Waals surface area contributed by atoms with Crippen LogP contribution >= 0.6 is 0 Å². The highest BCUT2D eigenvalue weighted by Crippen LogP contribution is 2.16. The molecule has 0 aliphatic heterocycles. The van der Waals surface area contributed by atoms with Gasteiger partial charge < -0.3 is 4.74 Å². The smallest absolute Gasteiger partial charge is 0.169 e. The molecule has 0 saturated heterocycles. The molecule has 2 nitrogen and oxygen atoms in total. The molecule has 1 aromatic carbocycles. The van der Waals surface area contributed by atoms with Gasteiger partial charge in [-0.05, 0) is 12.1 Å². The van der Waals surface area contributed by atoms with Gasteiger partial charge in [-0.25, -0.2) is 0 Å². The van der Waals surface area contributed by atoms with E-state index in [4.69, 9.17) is 4.74 Å². The molecule has 1 atom stereocenters. The predicted molar refractivity (Wildman–Crippen MR) is 56.7 cm³/mol. The highest BCUT2D eigenvalue weighted by Gasteiger charge is 2.11. The van der Waals surface area contributed by atoms with E-state index in [1.807, 2.05) is 19.1 Å². The average Bonchev–Trinajstić information content (AvgIpc) is 2.27. The molecule has 0 radical (unpaired) electrons. The Balaban J connectivity index is 2.95. The molecule has 14 heavy (non-hydrogen) atoms. The van der Waals surface area contributed by atoms with Gasteiger partial charge in [0, 0.05) is 11.5 Å². The molecule has 1 rings (SSSR count). The number of methoxy groups -OCH3 is 1. The molecule has 0 spiro atoms. The molecule has 0 fully saturated rings. The Morgan fingerprint density at radius 2 is 2.29 bits per heavy atom. The first kappa shape index (κ1) is 10.5. The molecule has 0 bridgehead atoms. The second-order valence-electron chi connectivity index (χ2n) is 3.12. The van der Waals surface area contributed by atoms with E-state index < -0.39 is 0 Å². The summed E-state index contributed by atoms with van der Waals surface area (Å²) in [6.07, 6.45) is 1.64. The molecule has 0 heterocycles. The second kappa shape index (κ2) is 4.61. The third-order valence-electron chi connectivity index (χ3n) is 2.12. The molecule has 0 aliphatic rings. The van der Waals surface area contributed by atoms with Gasteiger partial charge in [-0.2, -0.15) is 0 Å². The number of benzene rings is 1. The molecule has 2 heteroatoms. The molecule has 0 saturated carbocycles. The zero-order valence-electron chi connectivity index (χ0n) is 8.49. The maximum Gasteiger partial charge on any atom is 0.169 e. The standard InChI is InChI=1S/C12H14O2/c1-4-9(2)12(13)10-6-5-7-11(8-10)14-3/h4-9H,1H2,2-3H3. The number of allylic oxidation sites excluding steroid dienone is 1. The Labute approximate surface area is 84.2 Å². The summed E-state index contributed by atoms with van der Waals surface area (Å²) in [5, 5.41) is 0. The lowest BCUT2D eigenvalue weighted by Gasteiger charge is -2.06. The van der Waals surface area contributed by atoms with Crippen LogP contribution in [0.4, 0.5) is 0 Å². The zero-order chi connectivity index (χ0) is 10.6. The second-order valence-corrected chi connectivity index (χ2v) is 3.12. The minimum Gasteiger partial charge on any atom is -0.497 e. The largest absolute Gasteiger partial charge is 0.497 e. The van der Waals surface area contributed by atoms with E-state index in [0.29, 0.717) is 11.3 Å². The summed E-state index contributed by atoms with van der Waals surface area (Å²) in [6.45, 7) is 5.43. The third kappa shape index (κ3) is 2.22. The van der Waals surface area contributed by atoms with Crippen molar-refractivity contribution < 1.29 is 9.53 Å². The number of hydrogen-bond donors (Lipinski definition) is 0. The predicted octanol–water partition coefficient (Wildman–Crippen LogP) is 2.70. The van der Waals surface area contributed by atoms with E-state index in [1.54, 1.807) is 25.3 Å². The summed E-state index contributed by atoms with van der Waals surface area (Å²) in [6, 6.07) is 7.14. The van der Waals surface area contributed by atoms with Gasteiger partial charge in [0.25, 0.3) is 0 Å². The van der Waals surface area contributed by atoms with Crippen LogP contribution in [0.25, 0.3) is 0 Å². The molecule has 1 unspecified atom stereocenters. The van der Waals surface area contributed by atoms with Crippen LogP contribution < -0.4 is 4.74 Å². The van der Waals surface area contributed by atoms with Crippen LogP contribution in [0, 0.1) is 5.92 Å². The van der Waals surface area contributed by atoms with Crippen molar-refractivity contribution in [3.63, 3.8) is 0 Å². The summed E-state index contributed by atoms with van der Waals surface area (Å²) in [7, 11) is 1.58. The average molecular weight is 190 g/mol. The van der Waals surface area contributed by atoms with Crippen molar-refractivity contribution in [1.82, 2.24) is 0 Å². The summed E-state index contributed by atoms with van der Waals surface area (Å²) in [5.74, 6) is 0.619. The van der Waals surface area contributed by atoms with Crippen molar-refractivity contribution in [2.45, 2.75) is 6.92 Å². The van der Waals surface area contributed by atoms with Gasteiger partial charge in [0.15, 0.2) is 5.78 Å². The molecule has 0 amide bonds. The molecule has 0 aromatic heterocycles. The number of hydrogen-bond acceptors (Lipinski definition) is 2. The van der Waals surface area contributed by atoms with Gasteiger partial charge >= 0.3 is 0 Å². The Morgan fingerprint density at radius 3 is 2.86 bits per heavy atom. The van der Waals surface area contributed by atoms with Crippen LogP contribution in [0.1, 0.15) is 17.3 Å². The fourth-order valence-electron chi connectivity index (χ4n) is 1.15. The van der Waals surface area contributed by atoms with E-state index in [0.717, 1.165) is 0 Å². The first-order chi connectivity index (χ1) is 6.69. The van der Waals surface area contributed by atoms with Crippen molar-refractivity contribution in [2.75, 3.05) is 7.11 Å². The normalized spacial score (nSPS) is 11.9. The number of ketones is 1. The van der Waals surface area contributed by atoms with Crippen molar-refractivity contribution in [1.29, 1.82) is 0 Å². The fraction of sp³-hybridized carbons (Fsp3) is 0.250. The number of Topliss-reactive ketones (excluding diaryl/α,β-unsaturated/α-hetero) is 1. The highest BCUT2D eigenvalue weighted by molar-refractivity contribution is 5.98. The van der Waals surface area contributed by atoms with Gasteiger partial charge in [-0.3, -0.25) is 4.79 Å². The monoisotopic (exact) mass is 190 g/mol. The van der Waals surface area contributed by atoms with Crippen molar-refractivity contribution >= 4 is 5.78 Å². The number of carbonyl (C=O) groups is 1. The molecule has 0 aliphatic carbocycles. The lowest BCUT2D eigenvalue weighted by Crippen LogP contribution is -2.08. The van der Waals surface area contributed by atoms with E-state index >= 15 is 0 Å². The Kier molecular flexibility index (Phi) is 3.46. The Bertz CT molecular complexity index is 342. The summed E-state index contributed by atoms with van der Waals surface area (Å²) < 4.78 is 5.04. The van der Waals surface area contributed by atoms with Gasteiger partial charge in [-0.15, -0.1) is 6.58 Å². The molecular weight excluding hydrogens is 176 g/mol.